The molecule has 0 bridgehead atoms. The van der Waals surface area contributed by atoms with E-state index in [1.54, 1.807) is 0 Å². The Bertz CT molecular complexity index is 745. The van der Waals surface area contributed by atoms with Crippen molar-refractivity contribution in [3.8, 4) is 5.75 Å². The second kappa shape index (κ2) is 9.38. The smallest absolute Gasteiger partial charge is 0.269 e. The van der Waals surface area contributed by atoms with Gasteiger partial charge in [-0.3, -0.25) is 15.1 Å². The van der Waals surface area contributed by atoms with Crippen LogP contribution in [0, 0.1) is 10.1 Å². The zero-order chi connectivity index (χ0) is 18.9. The van der Waals surface area contributed by atoms with Gasteiger partial charge in [0.15, 0.2) is 5.96 Å². The molecule has 0 aromatic heterocycles. The molecule has 0 fully saturated rings. The quantitative estimate of drug-likeness (QED) is 0.288. The Balaban J connectivity index is 1.78. The number of nitrogens with one attached hydrogen (secondary N) is 1. The van der Waals surface area contributed by atoms with Crippen LogP contribution in [-0.4, -0.2) is 35.2 Å². The number of nitro groups is 1. The van der Waals surface area contributed by atoms with Gasteiger partial charge in [-0.1, -0.05) is 19.1 Å². The van der Waals surface area contributed by atoms with Crippen LogP contribution in [0.25, 0.3) is 0 Å². The van der Waals surface area contributed by atoms with E-state index in [4.69, 9.17) is 10.5 Å². The van der Waals surface area contributed by atoms with Gasteiger partial charge in [-0.2, -0.15) is 0 Å². The summed E-state index contributed by atoms with van der Waals surface area (Å²) in [7, 11) is 0. The molecule has 0 amide bonds. The lowest BCUT2D eigenvalue weighted by Crippen LogP contribution is -2.27. The first-order valence-corrected chi connectivity index (χ1v) is 8.19. The number of nitrogens with two attached hydrogens (primary N) is 1. The van der Waals surface area contributed by atoms with Crippen molar-refractivity contribution in [3.63, 3.8) is 0 Å². The van der Waals surface area contributed by atoms with Crippen LogP contribution >= 0.6 is 0 Å². The Morgan fingerprint density at radius 3 is 2.50 bits per heavy atom. The number of hydrogen-bond donors (Lipinski definition) is 3. The molecule has 1 unspecified atom stereocenters. The van der Waals surface area contributed by atoms with E-state index in [1.165, 1.54) is 29.8 Å². The first-order chi connectivity index (χ1) is 12.5. The third kappa shape index (κ3) is 6.06. The number of ether oxygens (including phenoxy) is 1. The van der Waals surface area contributed by atoms with Crippen LogP contribution < -0.4 is 15.8 Å². The van der Waals surface area contributed by atoms with E-state index in [-0.39, 0.29) is 24.8 Å². The number of aryl methyl sites for hydroxylation is 1. The van der Waals surface area contributed by atoms with Crippen LogP contribution in [0.15, 0.2) is 53.5 Å². The Morgan fingerprint density at radius 2 is 1.92 bits per heavy atom. The van der Waals surface area contributed by atoms with E-state index in [1.807, 2.05) is 24.3 Å². The molecule has 8 nitrogen and oxygen atoms in total. The lowest BCUT2D eigenvalue weighted by molar-refractivity contribution is -0.384. The zero-order valence-electron chi connectivity index (χ0n) is 14.5. The van der Waals surface area contributed by atoms with Gasteiger partial charge in [0.25, 0.3) is 5.69 Å². The summed E-state index contributed by atoms with van der Waals surface area (Å²) in [5.74, 6) is 0.629. The van der Waals surface area contributed by atoms with Crippen molar-refractivity contribution in [1.29, 1.82) is 0 Å². The summed E-state index contributed by atoms with van der Waals surface area (Å²) in [6.07, 6.45) is 0.109. The van der Waals surface area contributed by atoms with Crippen molar-refractivity contribution in [2.45, 2.75) is 19.4 Å². The SMILES string of the molecule is CCc1ccc(NC(N)=NCC(O)COc2ccc([N+](=O)[O-])cc2)cc1. The number of anilines is 1. The molecule has 4 N–H and O–H groups in total. The second-order valence-electron chi connectivity index (χ2n) is 5.62. The molecule has 0 saturated carbocycles. The fourth-order valence-electron chi connectivity index (χ4n) is 2.12. The number of rotatable bonds is 8. The second-order valence-corrected chi connectivity index (χ2v) is 5.62. The summed E-state index contributed by atoms with van der Waals surface area (Å²) in [6, 6.07) is 13.5. The average Bonchev–Trinajstić information content (AvgIpc) is 2.65. The normalized spacial score (nSPS) is 12.5. The Labute approximate surface area is 151 Å². The highest BCUT2D eigenvalue weighted by atomic mass is 16.6. The summed E-state index contributed by atoms with van der Waals surface area (Å²) >= 11 is 0. The minimum absolute atomic E-state index is 0.000210. The van der Waals surface area contributed by atoms with Gasteiger partial charge in [-0.05, 0) is 36.2 Å². The number of aliphatic hydroxyl groups excluding tert-OH is 1. The number of nitrogens with zero attached hydrogens (tertiary/aromatic N) is 2. The largest absolute Gasteiger partial charge is 0.491 e. The highest BCUT2D eigenvalue weighted by molar-refractivity contribution is 5.92. The highest BCUT2D eigenvalue weighted by Crippen LogP contribution is 2.17. The molecular weight excluding hydrogens is 336 g/mol. The molecule has 0 aliphatic rings. The van der Waals surface area contributed by atoms with E-state index >= 15 is 0 Å². The molecule has 26 heavy (non-hydrogen) atoms. The first kappa shape index (κ1) is 19.2. The van der Waals surface area contributed by atoms with Crippen molar-refractivity contribution >= 4 is 17.3 Å². The minimum Gasteiger partial charge on any atom is -0.491 e. The first-order valence-electron chi connectivity index (χ1n) is 8.19. The molecular formula is C18H22N4O4. The van der Waals surface area contributed by atoms with E-state index in [9.17, 15) is 15.2 Å². The van der Waals surface area contributed by atoms with Crippen LogP contribution in [0.3, 0.4) is 0 Å². The molecule has 1 atom stereocenters. The maximum Gasteiger partial charge on any atom is 0.269 e. The fraction of sp³-hybridized carbons (Fsp3) is 0.278. The fourth-order valence-corrected chi connectivity index (χ4v) is 2.12. The van der Waals surface area contributed by atoms with Gasteiger partial charge in [0.05, 0.1) is 11.5 Å². The van der Waals surface area contributed by atoms with E-state index in [0.717, 1.165) is 12.1 Å². The van der Waals surface area contributed by atoms with Crippen molar-refractivity contribution in [1.82, 2.24) is 0 Å². The van der Waals surface area contributed by atoms with Gasteiger partial charge in [0, 0.05) is 17.8 Å². The average molecular weight is 358 g/mol. The van der Waals surface area contributed by atoms with E-state index < -0.39 is 11.0 Å². The van der Waals surface area contributed by atoms with Gasteiger partial charge in [-0.25, -0.2) is 0 Å². The Morgan fingerprint density at radius 1 is 1.27 bits per heavy atom. The molecule has 0 aliphatic heterocycles. The molecule has 0 aliphatic carbocycles. The summed E-state index contributed by atoms with van der Waals surface area (Å²) in [5, 5.41) is 23.4. The third-order valence-electron chi connectivity index (χ3n) is 3.60. The van der Waals surface area contributed by atoms with Crippen molar-refractivity contribution < 1.29 is 14.8 Å². The summed E-state index contributed by atoms with van der Waals surface area (Å²) in [6.45, 7) is 2.15. The number of hydrogen-bond acceptors (Lipinski definition) is 5. The number of benzene rings is 2. The molecule has 2 rings (SSSR count). The summed E-state index contributed by atoms with van der Waals surface area (Å²) < 4.78 is 5.38. The lowest BCUT2D eigenvalue weighted by Gasteiger charge is -2.11. The molecule has 0 radical (unpaired) electrons. The summed E-state index contributed by atoms with van der Waals surface area (Å²) in [4.78, 5) is 14.2. The number of aliphatic hydroxyl groups is 1. The maximum atomic E-state index is 10.6. The number of guanidine groups is 1. The topological polar surface area (TPSA) is 123 Å². The van der Waals surface area contributed by atoms with E-state index in [2.05, 4.69) is 17.2 Å². The van der Waals surface area contributed by atoms with Crippen LogP contribution in [0.1, 0.15) is 12.5 Å². The number of non-ortho nitro benzene ring substituents is 1. The molecule has 138 valence electrons. The van der Waals surface area contributed by atoms with Crippen LogP contribution in [0.2, 0.25) is 0 Å². The maximum absolute atomic E-state index is 10.6. The van der Waals surface area contributed by atoms with Gasteiger partial charge < -0.3 is 20.9 Å². The molecule has 2 aromatic rings. The molecule has 0 saturated heterocycles. The van der Waals surface area contributed by atoms with Crippen molar-refractivity contribution in [2.24, 2.45) is 10.7 Å². The molecule has 2 aromatic carbocycles. The lowest BCUT2D eigenvalue weighted by atomic mass is 10.1. The predicted molar refractivity (Wildman–Crippen MR) is 101 cm³/mol. The Hall–Kier alpha value is -3.13. The standard InChI is InChI=1S/C18H22N4O4/c1-2-13-3-5-14(6-4-13)21-18(19)20-11-16(23)12-26-17-9-7-15(8-10-17)22(24)25/h3-10,16,23H,2,11-12H2,1H3,(H3,19,20,21). The van der Waals surface area contributed by atoms with Crippen LogP contribution in [-0.2, 0) is 6.42 Å². The van der Waals surface area contributed by atoms with Gasteiger partial charge in [0.1, 0.15) is 18.5 Å². The number of nitro benzene ring substituents is 1. The zero-order valence-corrected chi connectivity index (χ0v) is 14.5. The third-order valence-corrected chi connectivity index (χ3v) is 3.60. The van der Waals surface area contributed by atoms with Crippen LogP contribution in [0.4, 0.5) is 11.4 Å². The monoisotopic (exact) mass is 358 g/mol. The van der Waals surface area contributed by atoms with Gasteiger partial charge in [0.2, 0.25) is 0 Å². The predicted octanol–water partition coefficient (Wildman–Crippen LogP) is 2.32. The summed E-state index contributed by atoms with van der Waals surface area (Å²) in [5.41, 5.74) is 7.83. The van der Waals surface area contributed by atoms with Crippen molar-refractivity contribution in [2.75, 3.05) is 18.5 Å². The molecule has 0 heterocycles. The minimum atomic E-state index is -0.854. The van der Waals surface area contributed by atoms with E-state index in [0.29, 0.717) is 5.75 Å². The van der Waals surface area contributed by atoms with Gasteiger partial charge >= 0.3 is 0 Å². The molecule has 0 spiro atoms. The highest BCUT2D eigenvalue weighted by Gasteiger charge is 2.08. The van der Waals surface area contributed by atoms with Crippen LogP contribution in [0.5, 0.6) is 5.75 Å². The number of aliphatic imine (C=N–C) groups is 1. The molecule has 8 heteroatoms. The Kier molecular flexibility index (Phi) is 6.92. The van der Waals surface area contributed by atoms with Gasteiger partial charge in [-0.15, -0.1) is 0 Å². The van der Waals surface area contributed by atoms with Crippen molar-refractivity contribution in [3.05, 3.63) is 64.2 Å².